The number of imidazole rings is 1. The summed E-state index contributed by atoms with van der Waals surface area (Å²) in [6, 6.07) is 21.4. The van der Waals surface area contributed by atoms with Crippen molar-refractivity contribution in [3.63, 3.8) is 0 Å². The average Bonchev–Trinajstić information content (AvgIpc) is 3.26. The maximum Gasteiger partial charge on any atom is 0.449 e. The van der Waals surface area contributed by atoms with E-state index >= 15 is 0 Å². The standard InChI is InChI=1S/C24H17F3N4O2/c25-24(26,27)23-29-19-11-8-17(12-20(19)30-23)22(16-4-2-1-3-5-16)31-21(32)14-33-18-9-6-15(13-28)7-10-18/h1-12,22H,14H2,(H,29,30)(H,31,32). The second-order valence-electron chi connectivity index (χ2n) is 7.20. The number of nitriles is 1. The van der Waals surface area contributed by atoms with E-state index in [2.05, 4.69) is 15.3 Å². The topological polar surface area (TPSA) is 90.8 Å². The van der Waals surface area contributed by atoms with Gasteiger partial charge in [-0.15, -0.1) is 0 Å². The Balaban J connectivity index is 1.56. The lowest BCUT2D eigenvalue weighted by Crippen LogP contribution is -2.33. The molecular formula is C24H17F3N4O2. The fraction of sp³-hybridized carbons (Fsp3) is 0.125. The molecule has 0 spiro atoms. The van der Waals surface area contributed by atoms with Crippen molar-refractivity contribution >= 4 is 16.9 Å². The van der Waals surface area contributed by atoms with Crippen molar-refractivity contribution in [1.29, 1.82) is 5.26 Å². The van der Waals surface area contributed by atoms with Crippen LogP contribution in [0.3, 0.4) is 0 Å². The van der Waals surface area contributed by atoms with E-state index < -0.39 is 23.9 Å². The number of nitrogens with zero attached hydrogens (tertiary/aromatic N) is 2. The Bertz CT molecular complexity index is 1310. The molecule has 0 saturated heterocycles. The Labute approximate surface area is 186 Å². The highest BCUT2D eigenvalue weighted by molar-refractivity contribution is 5.80. The minimum Gasteiger partial charge on any atom is -0.484 e. The van der Waals surface area contributed by atoms with E-state index in [1.807, 2.05) is 24.3 Å². The van der Waals surface area contributed by atoms with Crippen LogP contribution in [-0.2, 0) is 11.0 Å². The Kier molecular flexibility index (Phi) is 6.00. The lowest BCUT2D eigenvalue weighted by Gasteiger charge is -2.20. The van der Waals surface area contributed by atoms with E-state index in [0.29, 0.717) is 16.9 Å². The van der Waals surface area contributed by atoms with Crippen LogP contribution in [0.1, 0.15) is 28.6 Å². The molecule has 1 aromatic heterocycles. The summed E-state index contributed by atoms with van der Waals surface area (Å²) < 4.78 is 44.5. The zero-order chi connectivity index (χ0) is 23.4. The highest BCUT2D eigenvalue weighted by atomic mass is 19.4. The third-order valence-electron chi connectivity index (χ3n) is 4.90. The fourth-order valence-corrected chi connectivity index (χ4v) is 3.32. The van der Waals surface area contributed by atoms with Gasteiger partial charge in [-0.25, -0.2) is 4.98 Å². The number of alkyl halides is 3. The molecule has 0 bridgehead atoms. The van der Waals surface area contributed by atoms with Crippen LogP contribution in [0.25, 0.3) is 11.0 Å². The molecule has 0 saturated carbocycles. The summed E-state index contributed by atoms with van der Waals surface area (Å²) in [5.41, 5.74) is 2.19. The Morgan fingerprint density at radius 1 is 1.06 bits per heavy atom. The Morgan fingerprint density at radius 3 is 2.45 bits per heavy atom. The number of halogens is 3. The van der Waals surface area contributed by atoms with Crippen molar-refractivity contribution in [3.05, 3.63) is 95.3 Å². The third-order valence-corrected chi connectivity index (χ3v) is 4.90. The van der Waals surface area contributed by atoms with Gasteiger partial charge in [-0.05, 0) is 47.5 Å². The number of amides is 1. The molecule has 1 heterocycles. The molecule has 9 heteroatoms. The zero-order valence-electron chi connectivity index (χ0n) is 17.1. The summed E-state index contributed by atoms with van der Waals surface area (Å²) in [5.74, 6) is -1.07. The van der Waals surface area contributed by atoms with E-state index in [1.165, 1.54) is 12.1 Å². The van der Waals surface area contributed by atoms with Gasteiger partial charge in [0.1, 0.15) is 5.75 Å². The number of ether oxygens (including phenoxy) is 1. The number of fused-ring (bicyclic) bond motifs is 1. The molecule has 0 aliphatic carbocycles. The van der Waals surface area contributed by atoms with Gasteiger partial charge in [0.25, 0.3) is 5.91 Å². The van der Waals surface area contributed by atoms with Crippen molar-refractivity contribution in [2.24, 2.45) is 0 Å². The van der Waals surface area contributed by atoms with E-state index in [0.717, 1.165) is 5.56 Å². The van der Waals surface area contributed by atoms with Gasteiger partial charge in [0.2, 0.25) is 5.82 Å². The normalized spacial score (nSPS) is 12.2. The molecule has 0 fully saturated rings. The first-order valence-electron chi connectivity index (χ1n) is 9.87. The summed E-state index contributed by atoms with van der Waals surface area (Å²) in [4.78, 5) is 18.5. The first-order valence-corrected chi connectivity index (χ1v) is 9.87. The van der Waals surface area contributed by atoms with Gasteiger partial charge >= 0.3 is 6.18 Å². The monoisotopic (exact) mass is 450 g/mol. The lowest BCUT2D eigenvalue weighted by molar-refractivity contribution is -0.144. The van der Waals surface area contributed by atoms with Crippen molar-refractivity contribution in [2.45, 2.75) is 12.2 Å². The number of hydrogen-bond donors (Lipinski definition) is 2. The van der Waals surface area contributed by atoms with Gasteiger partial charge < -0.3 is 15.0 Å². The van der Waals surface area contributed by atoms with Crippen LogP contribution in [0.4, 0.5) is 13.2 Å². The van der Waals surface area contributed by atoms with E-state index in [9.17, 15) is 18.0 Å². The number of hydrogen-bond acceptors (Lipinski definition) is 4. The Morgan fingerprint density at radius 2 is 1.79 bits per heavy atom. The maximum atomic E-state index is 13.0. The third kappa shape index (κ3) is 5.13. The van der Waals surface area contributed by atoms with Crippen LogP contribution in [0.15, 0.2) is 72.8 Å². The molecule has 1 atom stereocenters. The van der Waals surface area contributed by atoms with Gasteiger partial charge in [-0.1, -0.05) is 36.4 Å². The van der Waals surface area contributed by atoms with Crippen molar-refractivity contribution in [1.82, 2.24) is 15.3 Å². The molecule has 3 aromatic carbocycles. The maximum absolute atomic E-state index is 13.0. The van der Waals surface area contributed by atoms with E-state index in [4.69, 9.17) is 10.00 Å². The van der Waals surface area contributed by atoms with Crippen molar-refractivity contribution < 1.29 is 22.7 Å². The number of rotatable bonds is 6. The number of H-pyrrole nitrogens is 1. The van der Waals surface area contributed by atoms with Gasteiger partial charge in [0.15, 0.2) is 6.61 Å². The van der Waals surface area contributed by atoms with Gasteiger partial charge in [0.05, 0.1) is 28.7 Å². The SMILES string of the molecule is N#Cc1ccc(OCC(=O)NC(c2ccccc2)c2ccc3nc(C(F)(F)F)[nH]c3c2)cc1. The summed E-state index contributed by atoms with van der Waals surface area (Å²) in [6.07, 6.45) is -4.59. The predicted molar refractivity (Wildman–Crippen MR) is 114 cm³/mol. The number of aromatic nitrogens is 2. The first-order chi connectivity index (χ1) is 15.8. The fourth-order valence-electron chi connectivity index (χ4n) is 3.32. The number of carbonyl (C=O) groups is 1. The Hall–Kier alpha value is -4.32. The minimum absolute atomic E-state index is 0.174. The number of nitrogens with one attached hydrogen (secondary N) is 2. The minimum atomic E-state index is -4.59. The molecule has 2 N–H and O–H groups in total. The van der Waals surface area contributed by atoms with Crippen molar-refractivity contribution in [3.8, 4) is 11.8 Å². The van der Waals surface area contributed by atoms with Gasteiger partial charge in [0, 0.05) is 0 Å². The highest BCUT2D eigenvalue weighted by Crippen LogP contribution is 2.30. The zero-order valence-corrected chi connectivity index (χ0v) is 17.1. The quantitative estimate of drug-likeness (QED) is 0.444. The van der Waals surface area contributed by atoms with Gasteiger partial charge in [-0.2, -0.15) is 18.4 Å². The number of aromatic amines is 1. The molecule has 0 aliphatic rings. The summed E-state index contributed by atoms with van der Waals surface area (Å²) >= 11 is 0. The van der Waals surface area contributed by atoms with Crippen LogP contribution >= 0.6 is 0 Å². The summed E-state index contributed by atoms with van der Waals surface area (Å²) in [5, 5.41) is 11.7. The van der Waals surface area contributed by atoms with Crippen LogP contribution in [0, 0.1) is 11.3 Å². The van der Waals surface area contributed by atoms with Crippen LogP contribution in [0.2, 0.25) is 0 Å². The second kappa shape index (κ2) is 9.04. The van der Waals surface area contributed by atoms with Gasteiger partial charge in [-0.3, -0.25) is 4.79 Å². The number of carbonyl (C=O) groups excluding carboxylic acids is 1. The smallest absolute Gasteiger partial charge is 0.449 e. The van der Waals surface area contributed by atoms with E-state index in [1.54, 1.807) is 42.5 Å². The van der Waals surface area contributed by atoms with Crippen molar-refractivity contribution in [2.75, 3.05) is 6.61 Å². The highest BCUT2D eigenvalue weighted by Gasteiger charge is 2.34. The lowest BCUT2D eigenvalue weighted by atomic mass is 9.98. The molecule has 0 aliphatic heterocycles. The molecule has 1 unspecified atom stereocenters. The predicted octanol–water partition coefficient (Wildman–Crippen LogP) is 4.74. The number of benzene rings is 3. The molecule has 4 rings (SSSR count). The molecule has 33 heavy (non-hydrogen) atoms. The molecule has 4 aromatic rings. The van der Waals surface area contributed by atoms with Crippen LogP contribution in [0.5, 0.6) is 5.75 Å². The largest absolute Gasteiger partial charge is 0.484 e. The molecule has 6 nitrogen and oxygen atoms in total. The van der Waals surface area contributed by atoms with Crippen LogP contribution in [-0.4, -0.2) is 22.5 Å². The first kappa shape index (κ1) is 21.9. The average molecular weight is 450 g/mol. The second-order valence-corrected chi connectivity index (χ2v) is 7.20. The molecule has 1 amide bonds. The van der Waals surface area contributed by atoms with Crippen LogP contribution < -0.4 is 10.1 Å². The molecular weight excluding hydrogens is 433 g/mol. The molecule has 0 radical (unpaired) electrons. The van der Waals surface area contributed by atoms with E-state index in [-0.39, 0.29) is 17.6 Å². The summed E-state index contributed by atoms with van der Waals surface area (Å²) in [7, 11) is 0. The molecule has 166 valence electrons. The summed E-state index contributed by atoms with van der Waals surface area (Å²) in [6.45, 7) is -0.278.